The molecule has 0 aliphatic heterocycles. The molecule has 0 saturated heterocycles. The summed E-state index contributed by atoms with van der Waals surface area (Å²) in [6, 6.07) is 7.81. The Morgan fingerprint density at radius 3 is 2.37 bits per heavy atom. The Bertz CT molecular complexity index is 543. The van der Waals surface area contributed by atoms with Crippen LogP contribution in [0.5, 0.6) is 0 Å². The molecule has 4 heteroatoms. The molecule has 0 fully saturated rings. The maximum absolute atomic E-state index is 13.2. The first-order valence-corrected chi connectivity index (χ1v) is 6.19. The van der Waals surface area contributed by atoms with Gasteiger partial charge in [-0.05, 0) is 43.2 Å². The van der Waals surface area contributed by atoms with Crippen LogP contribution < -0.4 is 5.32 Å². The number of pyridine rings is 1. The number of benzene rings is 1. The second kappa shape index (κ2) is 5.89. The first kappa shape index (κ1) is 13.6. The zero-order valence-corrected chi connectivity index (χ0v) is 10.9. The van der Waals surface area contributed by atoms with Crippen LogP contribution in [-0.2, 0) is 0 Å². The lowest BCUT2D eigenvalue weighted by Gasteiger charge is -2.20. The van der Waals surface area contributed by atoms with Gasteiger partial charge in [0.25, 0.3) is 0 Å². The standard InChI is InChI=1S/C15H16F2N2/c1-10(12-5-6-14(16)15(17)8-12)19-11(2)13-4-3-7-18-9-13/h3-11,19H,1-2H3/t10?,11-/m1/s1. The summed E-state index contributed by atoms with van der Waals surface area (Å²) in [7, 11) is 0. The summed E-state index contributed by atoms with van der Waals surface area (Å²) in [6.45, 7) is 3.92. The Labute approximate surface area is 111 Å². The molecule has 100 valence electrons. The normalized spacial score (nSPS) is 14.1. The highest BCUT2D eigenvalue weighted by Gasteiger charge is 2.13. The number of aromatic nitrogens is 1. The van der Waals surface area contributed by atoms with E-state index in [-0.39, 0.29) is 12.1 Å². The van der Waals surface area contributed by atoms with E-state index >= 15 is 0 Å². The van der Waals surface area contributed by atoms with Gasteiger partial charge in [0.1, 0.15) is 0 Å². The SMILES string of the molecule is CC(N[C@H](C)c1cccnc1)c1ccc(F)c(F)c1. The average Bonchev–Trinajstić information content (AvgIpc) is 2.42. The highest BCUT2D eigenvalue weighted by atomic mass is 19.2. The van der Waals surface area contributed by atoms with Gasteiger partial charge in [-0.1, -0.05) is 12.1 Å². The molecule has 2 aromatic rings. The van der Waals surface area contributed by atoms with Gasteiger partial charge in [-0.25, -0.2) is 8.78 Å². The lowest BCUT2D eigenvalue weighted by molar-refractivity contribution is 0.479. The van der Waals surface area contributed by atoms with Gasteiger partial charge in [-0.3, -0.25) is 4.98 Å². The van der Waals surface area contributed by atoms with E-state index in [9.17, 15) is 8.78 Å². The molecule has 19 heavy (non-hydrogen) atoms. The monoisotopic (exact) mass is 262 g/mol. The van der Waals surface area contributed by atoms with Crippen molar-refractivity contribution < 1.29 is 8.78 Å². The second-order valence-electron chi connectivity index (χ2n) is 4.57. The molecular formula is C15H16F2N2. The third-order valence-corrected chi connectivity index (χ3v) is 3.13. The minimum absolute atomic E-state index is 0.0784. The van der Waals surface area contributed by atoms with E-state index < -0.39 is 11.6 Å². The highest BCUT2D eigenvalue weighted by Crippen LogP contribution is 2.20. The van der Waals surface area contributed by atoms with Crippen molar-refractivity contribution in [2.24, 2.45) is 0 Å². The molecule has 0 saturated carbocycles. The van der Waals surface area contributed by atoms with Gasteiger partial charge in [0.05, 0.1) is 0 Å². The lowest BCUT2D eigenvalue weighted by Crippen LogP contribution is -2.22. The van der Waals surface area contributed by atoms with Crippen LogP contribution in [0.1, 0.15) is 37.1 Å². The first-order chi connectivity index (χ1) is 9.08. The van der Waals surface area contributed by atoms with Crippen LogP contribution in [0.4, 0.5) is 8.78 Å². The molecule has 1 aromatic heterocycles. The minimum Gasteiger partial charge on any atom is -0.304 e. The van der Waals surface area contributed by atoms with Crippen LogP contribution in [0.3, 0.4) is 0 Å². The summed E-state index contributed by atoms with van der Waals surface area (Å²) in [4.78, 5) is 4.06. The number of nitrogens with one attached hydrogen (secondary N) is 1. The van der Waals surface area contributed by atoms with Gasteiger partial charge < -0.3 is 5.32 Å². The molecule has 1 N–H and O–H groups in total. The van der Waals surface area contributed by atoms with E-state index in [2.05, 4.69) is 10.3 Å². The maximum Gasteiger partial charge on any atom is 0.159 e. The van der Waals surface area contributed by atoms with Crippen molar-refractivity contribution in [1.29, 1.82) is 0 Å². The molecule has 0 bridgehead atoms. The van der Waals surface area contributed by atoms with Crippen molar-refractivity contribution in [3.8, 4) is 0 Å². The van der Waals surface area contributed by atoms with E-state index in [1.807, 2.05) is 26.0 Å². The van der Waals surface area contributed by atoms with Crippen LogP contribution in [0.2, 0.25) is 0 Å². The van der Waals surface area contributed by atoms with Gasteiger partial charge in [-0.15, -0.1) is 0 Å². The summed E-state index contributed by atoms with van der Waals surface area (Å²) in [6.07, 6.45) is 3.50. The third-order valence-electron chi connectivity index (χ3n) is 3.13. The molecule has 1 heterocycles. The van der Waals surface area contributed by atoms with E-state index in [4.69, 9.17) is 0 Å². The predicted molar refractivity (Wildman–Crippen MR) is 70.6 cm³/mol. The Morgan fingerprint density at radius 1 is 1.00 bits per heavy atom. The number of nitrogens with zero attached hydrogens (tertiary/aromatic N) is 1. The molecule has 0 aliphatic carbocycles. The molecule has 2 nitrogen and oxygen atoms in total. The second-order valence-corrected chi connectivity index (χ2v) is 4.57. The fraction of sp³-hybridized carbons (Fsp3) is 0.267. The molecule has 0 aliphatic rings. The lowest BCUT2D eigenvalue weighted by atomic mass is 10.1. The Morgan fingerprint density at radius 2 is 1.74 bits per heavy atom. The fourth-order valence-electron chi connectivity index (χ4n) is 1.98. The smallest absolute Gasteiger partial charge is 0.159 e. The summed E-state index contributed by atoms with van der Waals surface area (Å²) in [5, 5.41) is 3.33. The molecule has 1 aromatic carbocycles. The zero-order valence-electron chi connectivity index (χ0n) is 10.9. The van der Waals surface area contributed by atoms with E-state index in [0.717, 1.165) is 17.2 Å². The Kier molecular flexibility index (Phi) is 4.22. The van der Waals surface area contributed by atoms with Crippen molar-refractivity contribution in [3.63, 3.8) is 0 Å². The molecule has 2 atom stereocenters. The van der Waals surface area contributed by atoms with Gasteiger partial charge in [-0.2, -0.15) is 0 Å². The quantitative estimate of drug-likeness (QED) is 0.907. The van der Waals surface area contributed by atoms with Crippen molar-refractivity contribution in [3.05, 3.63) is 65.5 Å². The number of halogens is 2. The third kappa shape index (κ3) is 3.35. The molecule has 1 unspecified atom stereocenters. The highest BCUT2D eigenvalue weighted by molar-refractivity contribution is 5.22. The summed E-state index contributed by atoms with van der Waals surface area (Å²) in [5.41, 5.74) is 1.77. The van der Waals surface area contributed by atoms with Gasteiger partial charge in [0.15, 0.2) is 11.6 Å². The van der Waals surface area contributed by atoms with Gasteiger partial charge >= 0.3 is 0 Å². The number of hydrogen-bond acceptors (Lipinski definition) is 2. The topological polar surface area (TPSA) is 24.9 Å². The number of rotatable bonds is 4. The minimum atomic E-state index is -0.823. The van der Waals surface area contributed by atoms with Crippen molar-refractivity contribution in [1.82, 2.24) is 10.3 Å². The molecular weight excluding hydrogens is 246 g/mol. The van der Waals surface area contributed by atoms with Crippen LogP contribution in [0.25, 0.3) is 0 Å². The van der Waals surface area contributed by atoms with Crippen LogP contribution >= 0.6 is 0 Å². The summed E-state index contributed by atoms with van der Waals surface area (Å²) in [5.74, 6) is -1.64. The molecule has 0 spiro atoms. The van der Waals surface area contributed by atoms with Crippen LogP contribution in [0, 0.1) is 11.6 Å². The number of hydrogen-bond donors (Lipinski definition) is 1. The Hall–Kier alpha value is -1.81. The van der Waals surface area contributed by atoms with Gasteiger partial charge in [0, 0.05) is 24.5 Å². The predicted octanol–water partition coefficient (Wildman–Crippen LogP) is 3.77. The first-order valence-electron chi connectivity index (χ1n) is 6.19. The van der Waals surface area contributed by atoms with E-state index in [0.29, 0.717) is 0 Å². The van der Waals surface area contributed by atoms with Crippen LogP contribution in [-0.4, -0.2) is 4.98 Å². The van der Waals surface area contributed by atoms with Gasteiger partial charge in [0.2, 0.25) is 0 Å². The maximum atomic E-state index is 13.2. The molecule has 0 amide bonds. The summed E-state index contributed by atoms with van der Waals surface area (Å²) < 4.78 is 26.1. The zero-order chi connectivity index (χ0) is 13.8. The van der Waals surface area contributed by atoms with E-state index in [1.165, 1.54) is 6.07 Å². The molecule has 0 radical (unpaired) electrons. The molecule has 2 rings (SSSR count). The van der Waals surface area contributed by atoms with Crippen LogP contribution in [0.15, 0.2) is 42.7 Å². The van der Waals surface area contributed by atoms with Crippen molar-refractivity contribution in [2.45, 2.75) is 25.9 Å². The fourth-order valence-corrected chi connectivity index (χ4v) is 1.98. The summed E-state index contributed by atoms with van der Waals surface area (Å²) >= 11 is 0. The van der Waals surface area contributed by atoms with E-state index in [1.54, 1.807) is 18.5 Å². The Balaban J connectivity index is 2.08. The van der Waals surface area contributed by atoms with Crippen molar-refractivity contribution in [2.75, 3.05) is 0 Å². The average molecular weight is 262 g/mol. The largest absolute Gasteiger partial charge is 0.304 e. The van der Waals surface area contributed by atoms with Crippen molar-refractivity contribution >= 4 is 0 Å².